The van der Waals surface area contributed by atoms with Gasteiger partial charge in [0.15, 0.2) is 0 Å². The van der Waals surface area contributed by atoms with Gasteiger partial charge in [0.05, 0.1) is 27.7 Å². The number of carbonyl (C=O) groups is 6. The second-order valence-corrected chi connectivity index (χ2v) is 15.6. The molecule has 0 bridgehead atoms. The maximum atomic E-state index is 14.3. The van der Waals surface area contributed by atoms with Crippen LogP contribution >= 0.6 is 23.1 Å². The number of thioether (sulfide) groups is 1. The molecule has 51 heavy (non-hydrogen) atoms. The fraction of sp³-hybridized carbons (Fsp3) is 0.472. The molecule has 5 N–H and O–H groups in total. The van der Waals surface area contributed by atoms with Gasteiger partial charge in [-0.05, 0) is 68.4 Å². The fourth-order valence-electron chi connectivity index (χ4n) is 6.38. The monoisotopic (exact) mass is 735 g/mol. The number of carbonyl (C=O) groups excluding carboxylic acids is 6. The van der Waals surface area contributed by atoms with Gasteiger partial charge < -0.3 is 31.5 Å². The highest BCUT2D eigenvalue weighted by Crippen LogP contribution is 2.25. The summed E-state index contributed by atoms with van der Waals surface area (Å²) in [4.78, 5) is 88.1. The maximum Gasteiger partial charge on any atom is 0.251 e. The van der Waals surface area contributed by atoms with Crippen molar-refractivity contribution < 1.29 is 28.8 Å². The zero-order valence-corrected chi connectivity index (χ0v) is 31.0. The van der Waals surface area contributed by atoms with E-state index >= 15 is 0 Å². The standard InChI is InChI=1S/C36H45N7O6S2/c1-19(2)31-36(49)43-18-24(39-33(46)23-11-12-29-27(15-23)38-21(4)51-29)16-28(43)35(48)37-20(3)32(45)41-26(22-9-7-6-8-10-22)17-30(44)40-25(13-14-50-5)34(47)42-31/h6-12,15,19-20,24-26,28,31H,13-14,16-18H2,1-5H3,(H,37,48)(H,39,46)(H,40,44)(H,41,45)(H,42,47)/t20-,24-,25-,26-,28-,31-/m0/s1. The summed E-state index contributed by atoms with van der Waals surface area (Å²) in [5, 5.41) is 15.2. The van der Waals surface area contributed by atoms with E-state index in [4.69, 9.17) is 0 Å². The molecule has 2 aliphatic heterocycles. The Morgan fingerprint density at radius 3 is 2.45 bits per heavy atom. The molecule has 0 spiro atoms. The van der Waals surface area contributed by atoms with E-state index in [0.717, 1.165) is 9.71 Å². The highest BCUT2D eigenvalue weighted by Gasteiger charge is 2.44. The van der Waals surface area contributed by atoms with E-state index < -0.39 is 65.8 Å². The van der Waals surface area contributed by atoms with Gasteiger partial charge in [0.25, 0.3) is 5.91 Å². The fourth-order valence-corrected chi connectivity index (χ4v) is 7.66. The van der Waals surface area contributed by atoms with Crippen LogP contribution in [0.5, 0.6) is 0 Å². The number of hydrogen-bond donors (Lipinski definition) is 5. The molecule has 3 aromatic rings. The van der Waals surface area contributed by atoms with E-state index in [-0.39, 0.29) is 31.2 Å². The van der Waals surface area contributed by atoms with Crippen molar-refractivity contribution >= 4 is 68.8 Å². The second-order valence-electron chi connectivity index (χ2n) is 13.4. The predicted molar refractivity (Wildman–Crippen MR) is 197 cm³/mol. The van der Waals surface area contributed by atoms with Crippen LogP contribution in [0.25, 0.3) is 10.2 Å². The summed E-state index contributed by atoms with van der Waals surface area (Å²) in [7, 11) is 0. The van der Waals surface area contributed by atoms with Gasteiger partial charge in [0.1, 0.15) is 24.2 Å². The van der Waals surface area contributed by atoms with Crippen molar-refractivity contribution in [3.63, 3.8) is 0 Å². The first-order chi connectivity index (χ1) is 24.3. The summed E-state index contributed by atoms with van der Waals surface area (Å²) in [5.74, 6) is -2.77. The molecule has 13 nitrogen and oxygen atoms in total. The van der Waals surface area contributed by atoms with E-state index in [1.54, 1.807) is 50.2 Å². The van der Waals surface area contributed by atoms with E-state index in [9.17, 15) is 28.8 Å². The van der Waals surface area contributed by atoms with Gasteiger partial charge in [-0.2, -0.15) is 11.8 Å². The summed E-state index contributed by atoms with van der Waals surface area (Å²) in [6, 6.07) is 8.88. The molecule has 6 amide bonds. The maximum absolute atomic E-state index is 14.3. The molecular weight excluding hydrogens is 691 g/mol. The first kappa shape index (κ1) is 37.7. The zero-order valence-electron chi connectivity index (χ0n) is 29.4. The molecule has 272 valence electrons. The quantitative estimate of drug-likeness (QED) is 0.246. The van der Waals surface area contributed by atoms with Crippen molar-refractivity contribution in [1.29, 1.82) is 0 Å². The Morgan fingerprint density at radius 2 is 1.75 bits per heavy atom. The highest BCUT2D eigenvalue weighted by molar-refractivity contribution is 7.98. The molecule has 0 radical (unpaired) electrons. The van der Waals surface area contributed by atoms with Crippen molar-refractivity contribution in [1.82, 2.24) is 36.5 Å². The number of hydrogen-bond acceptors (Lipinski definition) is 9. The molecule has 2 fully saturated rings. The average Bonchev–Trinajstić information content (AvgIpc) is 3.70. The van der Waals surface area contributed by atoms with Crippen LogP contribution in [0.3, 0.4) is 0 Å². The predicted octanol–water partition coefficient (Wildman–Crippen LogP) is 2.45. The molecule has 0 aliphatic carbocycles. The van der Waals surface area contributed by atoms with E-state index in [2.05, 4.69) is 31.6 Å². The first-order valence-electron chi connectivity index (χ1n) is 17.1. The third kappa shape index (κ3) is 9.25. The number of amides is 6. The lowest BCUT2D eigenvalue weighted by atomic mass is 10.0. The Kier molecular flexibility index (Phi) is 12.3. The van der Waals surface area contributed by atoms with Crippen molar-refractivity contribution in [2.24, 2.45) is 5.92 Å². The number of nitrogens with one attached hydrogen (secondary N) is 5. The van der Waals surface area contributed by atoms with E-state index in [0.29, 0.717) is 28.8 Å². The zero-order chi connectivity index (χ0) is 36.8. The molecular formula is C36H45N7O6S2. The number of aryl methyl sites for hydroxylation is 1. The third-order valence-electron chi connectivity index (χ3n) is 9.13. The molecule has 0 saturated carbocycles. The number of aromatic nitrogens is 1. The van der Waals surface area contributed by atoms with Gasteiger partial charge in [-0.1, -0.05) is 44.2 Å². The summed E-state index contributed by atoms with van der Waals surface area (Å²) in [5.41, 5.74) is 1.78. The van der Waals surface area contributed by atoms with Crippen LogP contribution in [0.1, 0.15) is 67.0 Å². The Bertz CT molecular complexity index is 1780. The Balaban J connectivity index is 1.44. The summed E-state index contributed by atoms with van der Waals surface area (Å²) >= 11 is 3.05. The lowest BCUT2D eigenvalue weighted by Crippen LogP contribution is -2.59. The summed E-state index contributed by atoms with van der Waals surface area (Å²) < 4.78 is 0.957. The summed E-state index contributed by atoms with van der Waals surface area (Å²) in [6.07, 6.45) is 2.14. The number of benzene rings is 2. The van der Waals surface area contributed by atoms with Crippen molar-refractivity contribution in [2.45, 2.75) is 83.2 Å². The molecule has 1 aromatic heterocycles. The first-order valence-corrected chi connectivity index (χ1v) is 19.3. The normalized spacial score (nSPS) is 25.2. The van der Waals surface area contributed by atoms with Crippen LogP contribution in [0.15, 0.2) is 48.5 Å². The Labute approximate surface area is 305 Å². The van der Waals surface area contributed by atoms with Crippen LogP contribution in [0.2, 0.25) is 0 Å². The number of fused-ring (bicyclic) bond motifs is 2. The molecule has 2 saturated heterocycles. The van der Waals surface area contributed by atoms with Gasteiger partial charge in [-0.25, -0.2) is 4.98 Å². The number of rotatable bonds is 7. The van der Waals surface area contributed by atoms with E-state index in [1.165, 1.54) is 34.9 Å². The van der Waals surface area contributed by atoms with Crippen LogP contribution < -0.4 is 26.6 Å². The van der Waals surface area contributed by atoms with Crippen molar-refractivity contribution in [2.75, 3.05) is 18.6 Å². The molecule has 2 aliphatic rings. The van der Waals surface area contributed by atoms with Crippen LogP contribution in [-0.4, -0.2) is 94.1 Å². The van der Waals surface area contributed by atoms with Crippen LogP contribution in [0.4, 0.5) is 0 Å². The van der Waals surface area contributed by atoms with Gasteiger partial charge >= 0.3 is 0 Å². The lowest BCUT2D eigenvalue weighted by molar-refractivity contribution is -0.143. The second kappa shape index (κ2) is 16.7. The minimum atomic E-state index is -1.04. The Morgan fingerprint density at radius 1 is 1.00 bits per heavy atom. The van der Waals surface area contributed by atoms with Crippen molar-refractivity contribution in [3.8, 4) is 0 Å². The smallest absolute Gasteiger partial charge is 0.251 e. The largest absolute Gasteiger partial charge is 0.347 e. The average molecular weight is 736 g/mol. The third-order valence-corrected chi connectivity index (χ3v) is 10.7. The SMILES string of the molecule is CSCC[C@@H]1NC(=O)C[C@@H](c2ccccc2)NC(=O)[C@H](C)NC(=O)[C@@H]2C[C@H](NC(=O)c3ccc4sc(C)nc4c3)CN2C(=O)[C@H](C(C)C)NC1=O. The van der Waals surface area contributed by atoms with Gasteiger partial charge in [-0.3, -0.25) is 28.8 Å². The van der Waals surface area contributed by atoms with Crippen molar-refractivity contribution in [3.05, 3.63) is 64.7 Å². The minimum absolute atomic E-state index is 0.00308. The van der Waals surface area contributed by atoms with Crippen LogP contribution in [0, 0.1) is 12.8 Å². The lowest BCUT2D eigenvalue weighted by Gasteiger charge is -2.32. The number of thiazole rings is 1. The number of nitrogens with zero attached hydrogens (tertiary/aromatic N) is 2. The Hall–Kier alpha value is -4.50. The van der Waals surface area contributed by atoms with Gasteiger partial charge in [0, 0.05) is 18.2 Å². The molecule has 6 atom stereocenters. The molecule has 5 rings (SSSR count). The van der Waals surface area contributed by atoms with E-state index in [1.807, 2.05) is 25.3 Å². The summed E-state index contributed by atoms with van der Waals surface area (Å²) in [6.45, 7) is 7.00. The molecule has 3 heterocycles. The highest BCUT2D eigenvalue weighted by atomic mass is 32.2. The molecule has 15 heteroatoms. The minimum Gasteiger partial charge on any atom is -0.347 e. The molecule has 2 aromatic carbocycles. The van der Waals surface area contributed by atoms with Gasteiger partial charge in [0.2, 0.25) is 29.5 Å². The van der Waals surface area contributed by atoms with Gasteiger partial charge in [-0.15, -0.1) is 11.3 Å². The van der Waals surface area contributed by atoms with Crippen LogP contribution in [-0.2, 0) is 24.0 Å². The molecule has 0 unspecified atom stereocenters. The topological polar surface area (TPSA) is 179 Å².